The van der Waals surface area contributed by atoms with E-state index in [0.29, 0.717) is 5.56 Å². The van der Waals surface area contributed by atoms with Crippen LogP contribution >= 0.6 is 0 Å². The number of rotatable bonds is 9. The summed E-state index contributed by atoms with van der Waals surface area (Å²) in [7, 11) is 0. The monoisotopic (exact) mass is 384 g/mol. The highest BCUT2D eigenvalue weighted by molar-refractivity contribution is 5.54. The molecule has 1 aromatic rings. The van der Waals surface area contributed by atoms with Crippen LogP contribution in [0, 0.1) is 5.92 Å². The molecule has 3 nitrogen and oxygen atoms in total. The number of aliphatic hydroxyl groups is 1. The van der Waals surface area contributed by atoms with Gasteiger partial charge in [0, 0.05) is 11.5 Å². The molecule has 1 saturated carbocycles. The molecular weight excluding hydrogens is 348 g/mol. The third-order valence-electron chi connectivity index (χ3n) is 6.91. The minimum absolute atomic E-state index is 0.0277. The van der Waals surface area contributed by atoms with Gasteiger partial charge in [-0.2, -0.15) is 0 Å². The van der Waals surface area contributed by atoms with Gasteiger partial charge >= 0.3 is 0 Å². The quantitative estimate of drug-likeness (QED) is 0.357. The number of allylic oxidation sites excluding steroid dienone is 2. The summed E-state index contributed by atoms with van der Waals surface area (Å²) in [6, 6.07) is 3.77. The first-order valence-electron chi connectivity index (χ1n) is 10.9. The molecule has 0 saturated heterocycles. The maximum atomic E-state index is 10.9. The van der Waals surface area contributed by atoms with Crippen molar-refractivity contribution in [1.29, 1.82) is 0 Å². The van der Waals surface area contributed by atoms with Crippen LogP contribution in [0.25, 0.3) is 0 Å². The van der Waals surface area contributed by atoms with E-state index in [1.165, 1.54) is 25.7 Å². The van der Waals surface area contributed by atoms with Crippen LogP contribution < -0.4 is 0 Å². The fourth-order valence-corrected chi connectivity index (χ4v) is 4.94. The fraction of sp³-hybridized carbons (Fsp3) is 0.600. The summed E-state index contributed by atoms with van der Waals surface area (Å²) in [6.07, 6.45) is 12.1. The molecule has 0 bridgehead atoms. The molecule has 3 heteroatoms. The Hall–Kier alpha value is -1.74. The predicted molar refractivity (Wildman–Crippen MR) is 115 cm³/mol. The van der Waals surface area contributed by atoms with Gasteiger partial charge in [-0.1, -0.05) is 50.8 Å². The second-order valence-corrected chi connectivity index (χ2v) is 9.02. The number of hydrogen-bond donors (Lipinski definition) is 3. The minimum atomic E-state index is -0.137. The molecule has 1 fully saturated rings. The van der Waals surface area contributed by atoms with Gasteiger partial charge in [-0.05, 0) is 73.6 Å². The number of phenolic OH excluding ortho intramolecular Hbond substituents is 2. The van der Waals surface area contributed by atoms with Crippen LogP contribution in [0.5, 0.6) is 11.5 Å². The van der Waals surface area contributed by atoms with E-state index in [1.807, 2.05) is 25.1 Å². The third kappa shape index (κ3) is 4.30. The van der Waals surface area contributed by atoms with Gasteiger partial charge in [0.1, 0.15) is 11.5 Å². The molecular formula is C25H36O3. The van der Waals surface area contributed by atoms with E-state index in [4.69, 9.17) is 0 Å². The van der Waals surface area contributed by atoms with E-state index in [2.05, 4.69) is 13.5 Å². The summed E-state index contributed by atoms with van der Waals surface area (Å²) in [5.41, 5.74) is 3.84. The van der Waals surface area contributed by atoms with Crippen molar-refractivity contribution < 1.29 is 15.3 Å². The van der Waals surface area contributed by atoms with Gasteiger partial charge in [0.2, 0.25) is 0 Å². The Morgan fingerprint density at radius 1 is 1.14 bits per heavy atom. The second-order valence-electron chi connectivity index (χ2n) is 9.02. The van der Waals surface area contributed by atoms with Crippen LogP contribution in [0.2, 0.25) is 0 Å². The van der Waals surface area contributed by atoms with Crippen LogP contribution in [0.15, 0.2) is 35.9 Å². The van der Waals surface area contributed by atoms with Gasteiger partial charge in [0.05, 0.1) is 6.61 Å². The van der Waals surface area contributed by atoms with Gasteiger partial charge < -0.3 is 15.3 Å². The van der Waals surface area contributed by atoms with E-state index < -0.39 is 0 Å². The molecule has 0 spiro atoms. The lowest BCUT2D eigenvalue weighted by Gasteiger charge is -2.32. The van der Waals surface area contributed by atoms with Crippen molar-refractivity contribution >= 4 is 0 Å². The molecule has 0 aliphatic heterocycles. The molecule has 0 unspecified atom stereocenters. The maximum absolute atomic E-state index is 10.9. The smallest absolute Gasteiger partial charge is 0.123 e. The number of aromatic hydroxyl groups is 2. The van der Waals surface area contributed by atoms with Crippen LogP contribution in [0.3, 0.4) is 0 Å². The molecule has 1 aromatic carbocycles. The van der Waals surface area contributed by atoms with Crippen molar-refractivity contribution in [3.05, 3.63) is 47.1 Å². The lowest BCUT2D eigenvalue weighted by molar-refractivity contribution is 0.314. The predicted octanol–water partition coefficient (Wildman–Crippen LogP) is 6.09. The molecule has 0 amide bonds. The Morgan fingerprint density at radius 2 is 1.82 bits per heavy atom. The van der Waals surface area contributed by atoms with Crippen LogP contribution in [0.4, 0.5) is 0 Å². The summed E-state index contributed by atoms with van der Waals surface area (Å²) < 4.78 is 0. The summed E-state index contributed by atoms with van der Waals surface area (Å²) in [4.78, 5) is 0. The van der Waals surface area contributed by atoms with Crippen molar-refractivity contribution in [3.8, 4) is 11.5 Å². The standard InChI is InChI=1S/C25H36O3/c1-4-5-6-7-10-25(11-12-25)19-14-22(27)24(23(28)15-19)21-13-18(16-26)8-9-20(21)17(2)3/h13-15,20-21,26-28H,2,4-12,16H2,1,3H3/t20-,21+/m1/s1. The summed E-state index contributed by atoms with van der Waals surface area (Å²) in [6.45, 7) is 8.38. The van der Waals surface area contributed by atoms with Crippen LogP contribution in [-0.2, 0) is 5.41 Å². The van der Waals surface area contributed by atoms with E-state index in [-0.39, 0.29) is 35.4 Å². The minimum Gasteiger partial charge on any atom is -0.507 e. The van der Waals surface area contributed by atoms with Crippen LogP contribution in [-0.4, -0.2) is 21.9 Å². The zero-order chi connectivity index (χ0) is 20.3. The summed E-state index contributed by atoms with van der Waals surface area (Å²) in [5, 5.41) is 31.4. The first-order chi connectivity index (χ1) is 13.4. The zero-order valence-electron chi connectivity index (χ0n) is 17.5. The fourth-order valence-electron chi connectivity index (χ4n) is 4.94. The number of phenols is 2. The van der Waals surface area contributed by atoms with Gasteiger partial charge in [-0.3, -0.25) is 0 Å². The van der Waals surface area contributed by atoms with Crippen LogP contribution in [0.1, 0.15) is 88.7 Å². The SMILES string of the molecule is C=C(C)[C@H]1CCC(CO)=C[C@@H]1c1c(O)cc(C2(CCCCCC)CC2)cc1O. The van der Waals surface area contributed by atoms with Crippen molar-refractivity contribution in [2.24, 2.45) is 5.92 Å². The first-order valence-corrected chi connectivity index (χ1v) is 10.9. The number of benzene rings is 1. The summed E-state index contributed by atoms with van der Waals surface area (Å²) in [5.74, 6) is 0.395. The molecule has 3 N–H and O–H groups in total. The van der Waals surface area contributed by atoms with Gasteiger partial charge in [0.15, 0.2) is 0 Å². The first kappa shape index (κ1) is 21.0. The molecule has 2 aliphatic rings. The molecule has 28 heavy (non-hydrogen) atoms. The lowest BCUT2D eigenvalue weighted by Crippen LogP contribution is -2.19. The average Bonchev–Trinajstić information content (AvgIpc) is 3.45. The molecule has 2 atom stereocenters. The zero-order valence-corrected chi connectivity index (χ0v) is 17.5. The average molecular weight is 385 g/mol. The molecule has 2 aliphatic carbocycles. The van der Waals surface area contributed by atoms with E-state index in [1.54, 1.807) is 0 Å². The number of aliphatic hydroxyl groups excluding tert-OH is 1. The Balaban J connectivity index is 1.88. The highest BCUT2D eigenvalue weighted by Crippen LogP contribution is 2.55. The van der Waals surface area contributed by atoms with Gasteiger partial charge in [0.25, 0.3) is 0 Å². The Labute approximate surface area is 169 Å². The number of hydrogen-bond acceptors (Lipinski definition) is 3. The molecule has 0 aromatic heterocycles. The Kier molecular flexibility index (Phi) is 6.54. The lowest BCUT2D eigenvalue weighted by atomic mass is 9.73. The maximum Gasteiger partial charge on any atom is 0.123 e. The Bertz CT molecular complexity index is 719. The van der Waals surface area contributed by atoms with E-state index >= 15 is 0 Å². The highest BCUT2D eigenvalue weighted by Gasteiger charge is 2.44. The normalized spacial score (nSPS) is 23.3. The van der Waals surface area contributed by atoms with Crippen molar-refractivity contribution in [2.45, 2.75) is 83.0 Å². The van der Waals surface area contributed by atoms with Gasteiger partial charge in [-0.15, -0.1) is 0 Å². The van der Waals surface area contributed by atoms with E-state index in [0.717, 1.165) is 48.8 Å². The largest absolute Gasteiger partial charge is 0.507 e. The highest BCUT2D eigenvalue weighted by atomic mass is 16.3. The molecule has 3 rings (SSSR count). The number of unbranched alkanes of at least 4 members (excludes halogenated alkanes) is 3. The van der Waals surface area contributed by atoms with Gasteiger partial charge in [-0.25, -0.2) is 0 Å². The third-order valence-corrected chi connectivity index (χ3v) is 6.91. The topological polar surface area (TPSA) is 60.7 Å². The molecule has 0 heterocycles. The second kappa shape index (κ2) is 8.73. The van der Waals surface area contributed by atoms with Crippen molar-refractivity contribution in [3.63, 3.8) is 0 Å². The van der Waals surface area contributed by atoms with E-state index in [9.17, 15) is 15.3 Å². The Morgan fingerprint density at radius 3 is 2.36 bits per heavy atom. The van der Waals surface area contributed by atoms with Crippen molar-refractivity contribution in [1.82, 2.24) is 0 Å². The molecule has 0 radical (unpaired) electrons. The molecule has 154 valence electrons. The summed E-state index contributed by atoms with van der Waals surface area (Å²) >= 11 is 0. The van der Waals surface area contributed by atoms with Crippen molar-refractivity contribution in [2.75, 3.05) is 6.61 Å².